The number of aromatic amines is 2. The van der Waals surface area contributed by atoms with Gasteiger partial charge in [0.25, 0.3) is 0 Å². The van der Waals surface area contributed by atoms with E-state index in [0.717, 1.165) is 0 Å². The Balaban J connectivity index is 1.40. The largest absolute Gasteiger partial charge is 0.508 e. The topological polar surface area (TPSA) is 496 Å². The number of carboxylic acid groups (broad SMARTS) is 2. The standard InChI is InChI=1S/C62H89N17O14/c1-7-35(6)51(78-56(87)44(25-37-17-19-40(80)20-18-37)74-58(89)50(34(4)5)77-53(84)42(15-11-21-68-62(64)65)71-52(83)41(63)28-49(81)82)59(90)75-46(27-39-30-67-32-70-39)60(91)79-22-12-16-48(79)57(88)73-43(24-36-13-9-8-10-14-36)54(85)72-45(26-38-29-66-31-69-38)55(86)76-47(61(92)93)23-33(2)3/h8-10,13-14,17-20,29-35,41-48,50-51,80H,7,11-12,15-16,21-28,63H2,1-6H3,(H,66,69)(H,67,70)(H,71,83)(H,72,85)(H,73,88)(H,74,89)(H,75,90)(H,76,86)(H,77,84)(H,78,87)(H,81,82)(H,92,93)(H4,64,65,68)/t35-,41-,42-,43-,44-,45-,46-,47-,48-,50-,51-/m0/s1/i4+1,5+1,8+1,9+1,10+1,12+1,13+1,14+1,16+1,22+1,24+1,34+1,36+1,43+1,48+1,50+1,54+1,57+1,58+1,73+1,77+1,79+1. The second-order valence-corrected chi connectivity index (χ2v) is 23.9. The van der Waals surface area contributed by atoms with Crippen molar-refractivity contribution in [1.82, 2.24) is 67.4 Å². The number of aromatic hydroxyl groups is 1. The van der Waals surface area contributed by atoms with E-state index in [-0.39, 0.29) is 82.1 Å². The van der Waals surface area contributed by atoms with E-state index in [1.807, 2.05) is 0 Å². The lowest BCUT2D eigenvalue weighted by Gasteiger charge is -2.32. The minimum atomic E-state index is -1.53. The van der Waals surface area contributed by atoms with Crippen LogP contribution in [0.4, 0.5) is 0 Å². The molecule has 31 heteroatoms. The van der Waals surface area contributed by atoms with Gasteiger partial charge in [-0.2, -0.15) is 0 Å². The summed E-state index contributed by atoms with van der Waals surface area (Å²) in [5.41, 5.74) is 18.7. The lowest BCUT2D eigenvalue weighted by Crippen LogP contribution is -2.62. The van der Waals surface area contributed by atoms with Crippen LogP contribution in [-0.4, -0.2) is 185 Å². The van der Waals surface area contributed by atoms with E-state index in [9.17, 15) is 63.3 Å². The maximum Gasteiger partial charge on any atom is 0.326 e. The highest BCUT2D eigenvalue weighted by Gasteiger charge is 2.42. The van der Waals surface area contributed by atoms with Crippen molar-refractivity contribution in [2.24, 2.45) is 39.9 Å². The Labute approximate surface area is 538 Å². The maximum absolute atomic E-state index is 15.1. The van der Waals surface area contributed by atoms with E-state index < -0.39 is 144 Å². The molecule has 9 amide bonds. The summed E-state index contributed by atoms with van der Waals surface area (Å²) in [6, 6.07) is 0.810. The first-order valence-corrected chi connectivity index (χ1v) is 30.9. The summed E-state index contributed by atoms with van der Waals surface area (Å²) < 4.78 is 0. The molecule has 2 aromatic carbocycles. The zero-order chi connectivity index (χ0) is 68.5. The second-order valence-electron chi connectivity index (χ2n) is 23.9. The van der Waals surface area contributed by atoms with Gasteiger partial charge in [-0.25, -0.2) is 14.8 Å². The van der Waals surface area contributed by atoms with Crippen molar-refractivity contribution in [1.29, 1.82) is 0 Å². The lowest BCUT2D eigenvalue weighted by molar-refractivity contribution is -0.143. The summed E-state index contributed by atoms with van der Waals surface area (Å²) in [6.45, 7) is 10.4. The van der Waals surface area contributed by atoms with Gasteiger partial charge in [-0.3, -0.25) is 52.9 Å². The van der Waals surface area contributed by atoms with E-state index in [1.54, 1.807) is 71.9 Å². The number of nitrogens with two attached hydrogens (primary N) is 3. The van der Waals surface area contributed by atoms with Crippen molar-refractivity contribution in [2.45, 2.75) is 173 Å². The number of aliphatic imine (C=N–C) groups is 1. The molecule has 0 bridgehead atoms. The quantitative estimate of drug-likeness (QED) is 0.00817. The fourth-order valence-corrected chi connectivity index (χ4v) is 10.4. The number of imidazole rings is 2. The van der Waals surface area contributed by atoms with E-state index in [4.69, 9.17) is 17.2 Å². The Morgan fingerprint density at radius 2 is 1.13 bits per heavy atom. The van der Waals surface area contributed by atoms with Crippen molar-refractivity contribution in [2.75, 3.05) is 13.1 Å². The van der Waals surface area contributed by atoms with Crippen molar-refractivity contribution in [3.05, 3.63) is 102 Å². The number of rotatable bonds is 37. The molecule has 0 saturated carbocycles. The number of carboxylic acids is 2. The molecule has 11 atom stereocenters. The maximum atomic E-state index is 15.1. The molecule has 93 heavy (non-hydrogen) atoms. The summed E-state index contributed by atoms with van der Waals surface area (Å²) in [5, 5.41) is 50.8. The van der Waals surface area contributed by atoms with Gasteiger partial charge < -0.3 is 89.9 Å². The summed E-state index contributed by atoms with van der Waals surface area (Å²) in [4.78, 5) is 172. The minimum absolute atomic E-state index is 0.0425. The number of hydrogen-bond donors (Lipinski definition) is 16. The van der Waals surface area contributed by atoms with Gasteiger partial charge in [0.1, 0.15) is 60.1 Å². The van der Waals surface area contributed by atoms with Crippen LogP contribution >= 0.6 is 0 Å². The summed E-state index contributed by atoms with van der Waals surface area (Å²) >= 11 is 0. The molecule has 4 aromatic rings. The number of H-pyrrole nitrogens is 2. The monoisotopic (exact) mass is 1320 g/mol. The summed E-state index contributed by atoms with van der Waals surface area (Å²) in [7, 11) is 0. The number of nitrogens with zero attached hydrogens (tertiary/aromatic N) is 4. The summed E-state index contributed by atoms with van der Waals surface area (Å²) in [6.07, 6.45) is 5.26. The van der Waals surface area contributed by atoms with Crippen LogP contribution in [0.5, 0.6) is 5.75 Å². The molecule has 506 valence electrons. The number of nitrogens with one attached hydrogen (secondary N) is 10. The van der Waals surface area contributed by atoms with Gasteiger partial charge in [0, 0.05) is 62.6 Å². The average Bonchev–Trinajstić information content (AvgIpc) is 1.81. The van der Waals surface area contributed by atoms with Gasteiger partial charge in [0.15, 0.2) is 5.96 Å². The summed E-state index contributed by atoms with van der Waals surface area (Å²) in [5.74, 6) is -11.7. The molecule has 2 aromatic heterocycles. The Kier molecular flexibility index (Phi) is 28.7. The zero-order valence-electron chi connectivity index (χ0n) is 53.1. The lowest BCUT2D eigenvalue weighted by atomic mass is 9.96. The van der Waals surface area contributed by atoms with E-state index >= 15 is 4.79 Å². The molecule has 5 rings (SSSR count). The second kappa shape index (κ2) is 36.2. The van der Waals surface area contributed by atoms with Gasteiger partial charge in [-0.15, -0.1) is 0 Å². The number of amides is 9. The first-order chi connectivity index (χ1) is 44.1. The molecule has 3 heterocycles. The van der Waals surface area contributed by atoms with E-state index in [0.29, 0.717) is 35.4 Å². The number of likely N-dealkylation sites (tertiary alicyclic amines) is 1. The fraction of sp³-hybridized carbons (Fsp3) is 0.516. The molecule has 1 aliphatic rings. The van der Waals surface area contributed by atoms with Gasteiger partial charge in [0.2, 0.25) is 53.2 Å². The molecule has 0 radical (unpaired) electrons. The Morgan fingerprint density at radius 1 is 0.624 bits per heavy atom. The fourth-order valence-electron chi connectivity index (χ4n) is 10.4. The van der Waals surface area contributed by atoms with Crippen LogP contribution in [0.2, 0.25) is 0 Å². The van der Waals surface area contributed by atoms with Gasteiger partial charge in [0.05, 0.1) is 25.1 Å². The Morgan fingerprint density at radius 3 is 1.68 bits per heavy atom. The number of hydrogen-bond acceptors (Lipinski definition) is 16. The predicted octanol–water partition coefficient (Wildman–Crippen LogP) is -1.33. The average molecular weight is 1320 g/mol. The molecule has 0 unspecified atom stereocenters. The van der Waals surface area contributed by atoms with Crippen LogP contribution in [-0.2, 0) is 78.4 Å². The zero-order valence-corrected chi connectivity index (χ0v) is 53.1. The number of carbonyl (C=O) groups excluding carboxylic acids is 9. The number of guanidine groups is 1. The Hall–Kier alpha value is -9.94. The van der Waals surface area contributed by atoms with Crippen molar-refractivity contribution >= 4 is 71.1 Å². The highest BCUT2D eigenvalue weighted by molar-refractivity contribution is 5.99. The first-order valence-electron chi connectivity index (χ1n) is 30.9. The molecular formula is C62H89N17O14. The number of phenolic OH excluding ortho intramolecular Hbond substituents is 1. The van der Waals surface area contributed by atoms with Crippen LogP contribution in [0.3, 0.4) is 0 Å². The third kappa shape index (κ3) is 23.7. The molecule has 0 aliphatic carbocycles. The number of phenols is 1. The number of carbonyl (C=O) groups is 11. The molecule has 0 spiro atoms. The van der Waals surface area contributed by atoms with Crippen molar-refractivity contribution < 1.29 is 68.1 Å². The van der Waals surface area contributed by atoms with Gasteiger partial charge >= 0.3 is 11.9 Å². The highest BCUT2D eigenvalue weighted by atomic mass is 16.4. The predicted molar refractivity (Wildman–Crippen MR) is 338 cm³/mol. The molecule has 31 nitrogen and oxygen atoms in total. The van der Waals surface area contributed by atoms with Crippen LogP contribution in [0.25, 0.3) is 0 Å². The smallest absolute Gasteiger partial charge is 0.326 e. The third-order valence-electron chi connectivity index (χ3n) is 15.6. The van der Waals surface area contributed by atoms with Crippen LogP contribution < -0.4 is 59.7 Å². The molecule has 1 saturated heterocycles. The van der Waals surface area contributed by atoms with Gasteiger partial charge in [-0.1, -0.05) is 90.4 Å². The van der Waals surface area contributed by atoms with Crippen LogP contribution in [0.1, 0.15) is 109 Å². The SMILES string of the molecule is CC[C@H](C)[C@H](NC(=O)[C@H](Cc1ccc(O)cc1)N[13C](=O)[13C@@H]([15NH]C(=O)[C@H](CCCN=C(N)N)NC(=O)[C@@H](N)CC(=O)O)[13CH]([13CH3])[13CH3])C(=O)N[C@@H](Cc1cnc[nH]1)C(=O)[15N]1[13CH2][13CH2][13CH2][13C@H]1[13C](=O)[15NH][13C@@H]([13CH2][13c]1[13cH][13cH][13cH][13cH][13cH]1)[13C](=O)N[C@@H](Cc1cnc[nH]1)C(=O)N[C@@H](CC(C)C)C(=O)O. The van der Waals surface area contributed by atoms with Crippen molar-refractivity contribution in [3.8, 4) is 5.75 Å². The van der Waals surface area contributed by atoms with Crippen LogP contribution in [0, 0.1) is 17.8 Å². The number of aliphatic carboxylic acids is 2. The molecule has 19 N–H and O–H groups in total. The number of aromatic nitrogens is 4. The third-order valence-corrected chi connectivity index (χ3v) is 15.6. The Bertz CT molecular complexity index is 3180. The number of benzene rings is 2. The van der Waals surface area contributed by atoms with Crippen molar-refractivity contribution in [3.63, 3.8) is 0 Å². The molecular weight excluding hydrogens is 1230 g/mol. The normalized spacial score (nSPS) is 16.1. The first kappa shape index (κ1) is 73.8. The molecule has 1 fully saturated rings. The van der Waals surface area contributed by atoms with Crippen LogP contribution in [0.15, 0.2) is 84.6 Å². The molecule has 1 aliphatic heterocycles. The van der Waals surface area contributed by atoms with Gasteiger partial charge in [-0.05, 0) is 73.1 Å². The van der Waals surface area contributed by atoms with E-state index in [1.165, 1.54) is 54.2 Å². The van der Waals surface area contributed by atoms with E-state index in [2.05, 4.69) is 67.5 Å². The highest BCUT2D eigenvalue weighted by Crippen LogP contribution is 2.22. The minimum Gasteiger partial charge on any atom is -0.508 e.